The van der Waals surface area contributed by atoms with Crippen LogP contribution in [0.4, 0.5) is 0 Å². The number of nitrogens with zero attached hydrogens (tertiary/aromatic N) is 1. The van der Waals surface area contributed by atoms with Gasteiger partial charge in [0.15, 0.2) is 0 Å². The van der Waals surface area contributed by atoms with Crippen LogP contribution in [0.25, 0.3) is 0 Å². The highest BCUT2D eigenvalue weighted by Crippen LogP contribution is 2.11. The van der Waals surface area contributed by atoms with Crippen LogP contribution in [0.5, 0.6) is 0 Å². The Hall–Kier alpha value is -0.890. The summed E-state index contributed by atoms with van der Waals surface area (Å²) in [5.74, 6) is 0. The molecule has 2 atom stereocenters. The van der Waals surface area contributed by atoms with Gasteiger partial charge in [0.25, 0.3) is 0 Å². The van der Waals surface area contributed by atoms with Crippen LogP contribution in [0.1, 0.15) is 38.8 Å². The predicted molar refractivity (Wildman–Crippen MR) is 55.5 cm³/mol. The lowest BCUT2D eigenvalue weighted by atomic mass is 10.1. The molecule has 0 aliphatic carbocycles. The van der Waals surface area contributed by atoms with Crippen LogP contribution < -0.4 is 5.32 Å². The van der Waals surface area contributed by atoms with Gasteiger partial charge in [-0.25, -0.2) is 0 Å². The average Bonchev–Trinajstić information content (AvgIpc) is 2.19. The average molecular weight is 178 g/mol. The van der Waals surface area contributed by atoms with Crippen molar-refractivity contribution >= 4 is 0 Å². The van der Waals surface area contributed by atoms with Crippen molar-refractivity contribution in [3.05, 3.63) is 30.1 Å². The fourth-order valence-electron chi connectivity index (χ4n) is 1.27. The first-order valence-corrected chi connectivity index (χ1v) is 4.90. The number of aromatic nitrogens is 1. The van der Waals surface area contributed by atoms with Crippen molar-refractivity contribution < 1.29 is 0 Å². The number of rotatable bonds is 4. The van der Waals surface area contributed by atoms with Crippen LogP contribution >= 0.6 is 0 Å². The molecule has 0 bridgehead atoms. The maximum Gasteiger partial charge on any atom is 0.0315 e. The van der Waals surface area contributed by atoms with Crippen LogP contribution in [-0.2, 0) is 0 Å². The van der Waals surface area contributed by atoms with Crippen LogP contribution in [-0.4, -0.2) is 11.0 Å². The van der Waals surface area contributed by atoms with Crippen molar-refractivity contribution in [3.63, 3.8) is 0 Å². The molecule has 0 fully saturated rings. The summed E-state index contributed by atoms with van der Waals surface area (Å²) in [5, 5.41) is 3.51. The number of hydrogen-bond acceptors (Lipinski definition) is 2. The van der Waals surface area contributed by atoms with Crippen LogP contribution in [0.15, 0.2) is 24.5 Å². The fraction of sp³-hybridized carbons (Fsp3) is 0.545. The Morgan fingerprint density at radius 1 is 1.46 bits per heavy atom. The van der Waals surface area contributed by atoms with E-state index in [2.05, 4.69) is 37.1 Å². The van der Waals surface area contributed by atoms with Gasteiger partial charge in [0.2, 0.25) is 0 Å². The van der Waals surface area contributed by atoms with E-state index in [1.165, 1.54) is 5.56 Å². The lowest BCUT2D eigenvalue weighted by Gasteiger charge is -2.18. The lowest BCUT2D eigenvalue weighted by Crippen LogP contribution is -2.28. The van der Waals surface area contributed by atoms with Gasteiger partial charge in [-0.05, 0) is 31.9 Å². The Kier molecular flexibility index (Phi) is 3.90. The molecule has 0 aliphatic rings. The third-order valence-corrected chi connectivity index (χ3v) is 2.33. The lowest BCUT2D eigenvalue weighted by molar-refractivity contribution is 0.468. The molecule has 0 saturated carbocycles. The van der Waals surface area contributed by atoms with Crippen LogP contribution in [0.2, 0.25) is 0 Å². The van der Waals surface area contributed by atoms with Crippen molar-refractivity contribution in [2.75, 3.05) is 0 Å². The van der Waals surface area contributed by atoms with E-state index in [-0.39, 0.29) is 0 Å². The van der Waals surface area contributed by atoms with E-state index in [4.69, 9.17) is 0 Å². The van der Waals surface area contributed by atoms with Gasteiger partial charge in [0.1, 0.15) is 0 Å². The van der Waals surface area contributed by atoms with Crippen LogP contribution in [0, 0.1) is 0 Å². The Morgan fingerprint density at radius 2 is 2.23 bits per heavy atom. The van der Waals surface area contributed by atoms with Crippen LogP contribution in [0.3, 0.4) is 0 Å². The topological polar surface area (TPSA) is 24.9 Å². The molecule has 1 aromatic rings. The molecule has 1 heterocycles. The normalized spacial score (nSPS) is 15.3. The zero-order valence-corrected chi connectivity index (χ0v) is 8.62. The highest BCUT2D eigenvalue weighted by molar-refractivity contribution is 5.12. The molecule has 0 aliphatic heterocycles. The smallest absolute Gasteiger partial charge is 0.0315 e. The molecule has 13 heavy (non-hydrogen) atoms. The highest BCUT2D eigenvalue weighted by atomic mass is 14.9. The minimum atomic E-state index is 0.392. The van der Waals surface area contributed by atoms with Crippen molar-refractivity contribution in [3.8, 4) is 0 Å². The van der Waals surface area contributed by atoms with E-state index in [1.54, 1.807) is 6.20 Å². The van der Waals surface area contributed by atoms with Crippen molar-refractivity contribution in [2.45, 2.75) is 39.3 Å². The second-order valence-corrected chi connectivity index (χ2v) is 3.48. The van der Waals surface area contributed by atoms with Gasteiger partial charge >= 0.3 is 0 Å². The van der Waals surface area contributed by atoms with E-state index in [1.807, 2.05) is 12.3 Å². The summed E-state index contributed by atoms with van der Waals surface area (Å²) < 4.78 is 0. The SMILES string of the molecule is CCC(C)N[C@@H](C)c1cccnc1. The molecule has 0 amide bonds. The summed E-state index contributed by atoms with van der Waals surface area (Å²) in [6, 6.07) is 5.04. The third kappa shape index (κ3) is 3.15. The first-order chi connectivity index (χ1) is 6.24. The maximum atomic E-state index is 4.10. The van der Waals surface area contributed by atoms with Gasteiger partial charge in [0, 0.05) is 24.5 Å². The summed E-state index contributed by atoms with van der Waals surface area (Å²) in [5.41, 5.74) is 1.25. The minimum Gasteiger partial charge on any atom is -0.308 e. The van der Waals surface area contributed by atoms with Gasteiger partial charge in [-0.3, -0.25) is 4.98 Å². The van der Waals surface area contributed by atoms with E-state index in [0.29, 0.717) is 12.1 Å². The minimum absolute atomic E-state index is 0.392. The van der Waals surface area contributed by atoms with E-state index < -0.39 is 0 Å². The second kappa shape index (κ2) is 4.97. The van der Waals surface area contributed by atoms with E-state index in [0.717, 1.165) is 6.42 Å². The molecule has 0 radical (unpaired) electrons. The Labute approximate surface area is 80.4 Å². The molecule has 0 spiro atoms. The first kappa shape index (κ1) is 10.2. The fourth-order valence-corrected chi connectivity index (χ4v) is 1.27. The van der Waals surface area contributed by atoms with Crippen molar-refractivity contribution in [1.29, 1.82) is 0 Å². The van der Waals surface area contributed by atoms with Gasteiger partial charge in [0.05, 0.1) is 0 Å². The molecule has 1 rings (SSSR count). The van der Waals surface area contributed by atoms with Crippen molar-refractivity contribution in [2.24, 2.45) is 0 Å². The van der Waals surface area contributed by atoms with E-state index in [9.17, 15) is 0 Å². The zero-order valence-electron chi connectivity index (χ0n) is 8.62. The standard InChI is InChI=1S/C11H18N2/c1-4-9(2)13-10(3)11-6-5-7-12-8-11/h5-10,13H,4H2,1-3H3/t9?,10-/m0/s1. The second-order valence-electron chi connectivity index (χ2n) is 3.48. The largest absolute Gasteiger partial charge is 0.308 e. The quantitative estimate of drug-likeness (QED) is 0.766. The number of pyridine rings is 1. The molecule has 1 unspecified atom stereocenters. The van der Waals surface area contributed by atoms with Gasteiger partial charge in [-0.1, -0.05) is 13.0 Å². The predicted octanol–water partition coefficient (Wildman–Crippen LogP) is 2.53. The molecule has 2 nitrogen and oxygen atoms in total. The van der Waals surface area contributed by atoms with E-state index >= 15 is 0 Å². The molecule has 0 saturated heterocycles. The Bertz CT molecular complexity index is 233. The number of hydrogen-bond donors (Lipinski definition) is 1. The van der Waals surface area contributed by atoms with Crippen molar-refractivity contribution in [1.82, 2.24) is 10.3 Å². The third-order valence-electron chi connectivity index (χ3n) is 2.33. The monoisotopic (exact) mass is 178 g/mol. The summed E-state index contributed by atoms with van der Waals surface area (Å²) in [7, 11) is 0. The Morgan fingerprint density at radius 3 is 2.77 bits per heavy atom. The molecule has 1 N–H and O–H groups in total. The molecule has 0 aromatic carbocycles. The Balaban J connectivity index is 2.53. The van der Waals surface area contributed by atoms with Gasteiger partial charge < -0.3 is 5.32 Å². The summed E-state index contributed by atoms with van der Waals surface area (Å²) in [6.45, 7) is 6.56. The van der Waals surface area contributed by atoms with Gasteiger partial charge in [-0.2, -0.15) is 0 Å². The summed E-state index contributed by atoms with van der Waals surface area (Å²) >= 11 is 0. The molecular weight excluding hydrogens is 160 g/mol. The molecule has 2 heteroatoms. The summed E-state index contributed by atoms with van der Waals surface area (Å²) in [6.07, 6.45) is 4.88. The summed E-state index contributed by atoms with van der Waals surface area (Å²) in [4.78, 5) is 4.10. The molecule has 1 aromatic heterocycles. The van der Waals surface area contributed by atoms with Gasteiger partial charge in [-0.15, -0.1) is 0 Å². The zero-order chi connectivity index (χ0) is 9.68. The highest BCUT2D eigenvalue weighted by Gasteiger charge is 2.06. The molecule has 72 valence electrons. The maximum absolute atomic E-state index is 4.10. The number of nitrogens with one attached hydrogen (secondary N) is 1. The molecular formula is C11H18N2. The first-order valence-electron chi connectivity index (χ1n) is 4.90.